The van der Waals surface area contributed by atoms with Crippen molar-refractivity contribution in [3.63, 3.8) is 0 Å². The number of hydrogen-bond acceptors (Lipinski definition) is 4. The van der Waals surface area contributed by atoms with Gasteiger partial charge in [-0.1, -0.05) is 12.1 Å². The lowest BCUT2D eigenvalue weighted by Crippen LogP contribution is -2.42. The van der Waals surface area contributed by atoms with E-state index in [4.69, 9.17) is 0 Å². The van der Waals surface area contributed by atoms with Gasteiger partial charge in [0.1, 0.15) is 5.75 Å². The molecule has 0 bridgehead atoms. The third-order valence-corrected chi connectivity index (χ3v) is 5.83. The van der Waals surface area contributed by atoms with Gasteiger partial charge in [-0.05, 0) is 54.2 Å². The second kappa shape index (κ2) is 8.00. The van der Waals surface area contributed by atoms with E-state index < -0.39 is 0 Å². The van der Waals surface area contributed by atoms with Gasteiger partial charge < -0.3 is 14.9 Å². The number of phenolic OH excluding ortho intramolecular Hbond substituents is 1. The van der Waals surface area contributed by atoms with Crippen LogP contribution in [0.4, 0.5) is 0 Å². The highest BCUT2D eigenvalue weighted by Crippen LogP contribution is 2.31. The number of aromatic hydroxyl groups is 1. The van der Waals surface area contributed by atoms with Gasteiger partial charge in [0, 0.05) is 45.0 Å². The highest BCUT2D eigenvalue weighted by molar-refractivity contribution is 5.89. The first kappa shape index (κ1) is 18.5. The molecule has 0 unspecified atom stereocenters. The largest absolute Gasteiger partial charge is 0.508 e. The monoisotopic (exact) mass is 379 g/mol. The number of piperidine rings is 1. The van der Waals surface area contributed by atoms with Crippen molar-refractivity contribution in [1.82, 2.24) is 14.8 Å². The summed E-state index contributed by atoms with van der Waals surface area (Å²) in [6.45, 7) is 2.43. The summed E-state index contributed by atoms with van der Waals surface area (Å²) in [6.07, 6.45) is 5.51. The number of aromatic nitrogens is 1. The minimum Gasteiger partial charge on any atom is -0.508 e. The maximum absolute atomic E-state index is 12.9. The number of nitrogens with zero attached hydrogens (tertiary/aromatic N) is 3. The number of pyridine rings is 1. The first-order valence-corrected chi connectivity index (χ1v) is 9.84. The summed E-state index contributed by atoms with van der Waals surface area (Å²) in [7, 11) is 0. The van der Waals surface area contributed by atoms with E-state index >= 15 is 0 Å². The summed E-state index contributed by atoms with van der Waals surface area (Å²) in [5.41, 5.74) is 2.16. The van der Waals surface area contributed by atoms with E-state index in [0.717, 1.165) is 24.0 Å². The number of carbonyl (C=O) groups excluding carboxylic acids is 2. The Balaban J connectivity index is 1.32. The molecule has 2 aliphatic heterocycles. The Kier molecular flexibility index (Phi) is 5.28. The molecule has 6 heteroatoms. The van der Waals surface area contributed by atoms with Gasteiger partial charge in [-0.2, -0.15) is 0 Å². The Morgan fingerprint density at radius 3 is 2.61 bits per heavy atom. The average molecular weight is 379 g/mol. The Labute approximate surface area is 164 Å². The lowest BCUT2D eigenvalue weighted by molar-refractivity contribution is -0.136. The molecule has 3 heterocycles. The highest BCUT2D eigenvalue weighted by Gasteiger charge is 2.37. The molecule has 2 amide bonds. The molecule has 146 valence electrons. The zero-order chi connectivity index (χ0) is 19.5. The summed E-state index contributed by atoms with van der Waals surface area (Å²) in [5, 5.41) is 9.68. The first-order chi connectivity index (χ1) is 13.6. The molecule has 2 saturated heterocycles. The first-order valence-electron chi connectivity index (χ1n) is 9.84. The Hall–Kier alpha value is -2.89. The van der Waals surface area contributed by atoms with Crippen LogP contribution in [0.15, 0.2) is 48.8 Å². The van der Waals surface area contributed by atoms with E-state index in [1.165, 1.54) is 0 Å². The maximum Gasteiger partial charge on any atom is 0.227 e. The van der Waals surface area contributed by atoms with Gasteiger partial charge in [-0.3, -0.25) is 14.6 Å². The smallest absolute Gasteiger partial charge is 0.227 e. The van der Waals surface area contributed by atoms with Gasteiger partial charge in [0.25, 0.3) is 0 Å². The molecule has 6 nitrogen and oxygen atoms in total. The van der Waals surface area contributed by atoms with Crippen LogP contribution in [0.3, 0.4) is 0 Å². The molecule has 0 saturated carbocycles. The SMILES string of the molecule is O=C1C[C@H](C(=O)N2CCC(c3cccc(O)c3)CC2)CN1Cc1ccncc1. The van der Waals surface area contributed by atoms with E-state index in [1.807, 2.05) is 35.2 Å². The van der Waals surface area contributed by atoms with Gasteiger partial charge in [0.15, 0.2) is 0 Å². The van der Waals surface area contributed by atoms with E-state index in [9.17, 15) is 14.7 Å². The molecular formula is C22H25N3O3. The van der Waals surface area contributed by atoms with E-state index in [-0.39, 0.29) is 23.5 Å². The Morgan fingerprint density at radius 1 is 1.14 bits per heavy atom. The number of carbonyl (C=O) groups is 2. The molecule has 4 rings (SSSR count). The van der Waals surface area contributed by atoms with Crippen molar-refractivity contribution in [2.24, 2.45) is 5.92 Å². The summed E-state index contributed by atoms with van der Waals surface area (Å²) < 4.78 is 0. The third-order valence-electron chi connectivity index (χ3n) is 5.83. The lowest BCUT2D eigenvalue weighted by Gasteiger charge is -2.33. The zero-order valence-corrected chi connectivity index (χ0v) is 15.8. The summed E-state index contributed by atoms with van der Waals surface area (Å²) in [6, 6.07) is 11.2. The summed E-state index contributed by atoms with van der Waals surface area (Å²) >= 11 is 0. The number of phenols is 1. The van der Waals surface area contributed by atoms with Crippen LogP contribution in [0, 0.1) is 5.92 Å². The van der Waals surface area contributed by atoms with E-state index in [2.05, 4.69) is 4.98 Å². The fraction of sp³-hybridized carbons (Fsp3) is 0.409. The molecule has 0 spiro atoms. The average Bonchev–Trinajstić information content (AvgIpc) is 3.08. The Bertz CT molecular complexity index is 847. The molecule has 28 heavy (non-hydrogen) atoms. The van der Waals surface area contributed by atoms with Crippen LogP contribution < -0.4 is 0 Å². The number of likely N-dealkylation sites (tertiary alicyclic amines) is 2. The van der Waals surface area contributed by atoms with Gasteiger partial charge in [-0.25, -0.2) is 0 Å². The van der Waals surface area contributed by atoms with Crippen molar-refractivity contribution in [3.8, 4) is 5.75 Å². The molecule has 1 N–H and O–H groups in total. The number of rotatable bonds is 4. The van der Waals surface area contributed by atoms with Crippen LogP contribution in [-0.4, -0.2) is 51.3 Å². The van der Waals surface area contributed by atoms with Gasteiger partial charge >= 0.3 is 0 Å². The Morgan fingerprint density at radius 2 is 1.89 bits per heavy atom. The summed E-state index contributed by atoms with van der Waals surface area (Å²) in [4.78, 5) is 33.0. The van der Waals surface area contributed by atoms with Crippen molar-refractivity contribution in [2.75, 3.05) is 19.6 Å². The van der Waals surface area contributed by atoms with Crippen LogP contribution in [0.25, 0.3) is 0 Å². The van der Waals surface area contributed by atoms with Crippen molar-refractivity contribution < 1.29 is 14.7 Å². The fourth-order valence-corrected chi connectivity index (χ4v) is 4.27. The molecule has 2 fully saturated rings. The molecular weight excluding hydrogens is 354 g/mol. The number of hydrogen-bond donors (Lipinski definition) is 1. The molecule has 2 aromatic rings. The van der Waals surface area contributed by atoms with Crippen molar-refractivity contribution in [3.05, 3.63) is 59.9 Å². The van der Waals surface area contributed by atoms with E-state index in [1.54, 1.807) is 23.4 Å². The van der Waals surface area contributed by atoms with E-state index in [0.29, 0.717) is 38.5 Å². The van der Waals surface area contributed by atoms with Crippen LogP contribution in [0.1, 0.15) is 36.3 Å². The fourth-order valence-electron chi connectivity index (χ4n) is 4.27. The second-order valence-corrected chi connectivity index (χ2v) is 7.73. The van der Waals surface area contributed by atoms with Crippen molar-refractivity contribution >= 4 is 11.8 Å². The van der Waals surface area contributed by atoms with Crippen LogP contribution in [0.5, 0.6) is 5.75 Å². The summed E-state index contributed by atoms with van der Waals surface area (Å²) in [5.74, 6) is 0.552. The van der Waals surface area contributed by atoms with Crippen LogP contribution in [-0.2, 0) is 16.1 Å². The normalized spacial score (nSPS) is 20.6. The minimum absolute atomic E-state index is 0.0461. The standard InChI is InChI=1S/C22H25N3O3/c26-20-3-1-2-18(12-20)17-6-10-24(11-7-17)22(28)19-13-21(27)25(15-19)14-16-4-8-23-9-5-16/h1-5,8-9,12,17,19,26H,6-7,10-11,13-15H2/t19-/m0/s1. The lowest BCUT2D eigenvalue weighted by atomic mass is 9.89. The minimum atomic E-state index is -0.244. The van der Waals surface area contributed by atoms with Gasteiger partial charge in [-0.15, -0.1) is 0 Å². The quantitative estimate of drug-likeness (QED) is 0.886. The second-order valence-electron chi connectivity index (χ2n) is 7.73. The predicted octanol–water partition coefficient (Wildman–Crippen LogP) is 2.54. The van der Waals surface area contributed by atoms with Crippen molar-refractivity contribution in [1.29, 1.82) is 0 Å². The zero-order valence-electron chi connectivity index (χ0n) is 15.8. The van der Waals surface area contributed by atoms with Crippen molar-refractivity contribution in [2.45, 2.75) is 31.7 Å². The topological polar surface area (TPSA) is 73.7 Å². The highest BCUT2D eigenvalue weighted by atomic mass is 16.3. The van der Waals surface area contributed by atoms with Crippen LogP contribution >= 0.6 is 0 Å². The molecule has 2 aliphatic rings. The number of benzene rings is 1. The number of amides is 2. The molecule has 0 radical (unpaired) electrons. The van der Waals surface area contributed by atoms with Crippen LogP contribution in [0.2, 0.25) is 0 Å². The molecule has 1 aromatic heterocycles. The predicted molar refractivity (Wildman–Crippen MR) is 104 cm³/mol. The molecule has 0 aliphatic carbocycles. The van der Waals surface area contributed by atoms with Gasteiger partial charge in [0.05, 0.1) is 5.92 Å². The maximum atomic E-state index is 12.9. The molecule has 1 atom stereocenters. The third kappa shape index (κ3) is 4.01. The van der Waals surface area contributed by atoms with Gasteiger partial charge in [0.2, 0.25) is 11.8 Å². The molecule has 1 aromatic carbocycles.